The first-order valence-corrected chi connectivity index (χ1v) is 8.20. The third-order valence-electron chi connectivity index (χ3n) is 3.36. The number of rotatable bonds is 3. The number of hydrogen-bond donors (Lipinski definition) is 3. The first kappa shape index (κ1) is 17.1. The van der Waals surface area contributed by atoms with E-state index in [9.17, 15) is 4.79 Å². The van der Waals surface area contributed by atoms with E-state index in [1.165, 1.54) is 18.9 Å². The molecule has 0 saturated heterocycles. The maximum Gasteiger partial charge on any atom is 0.262 e. The van der Waals surface area contributed by atoms with Crippen LogP contribution in [0.5, 0.6) is 0 Å². The molecule has 7 heteroatoms. The minimum atomic E-state index is -0.304. The average molecular weight is 358 g/mol. The minimum Gasteiger partial charge on any atom is -0.359 e. The van der Waals surface area contributed by atoms with Crippen molar-refractivity contribution in [2.75, 3.05) is 0 Å². The first-order chi connectivity index (χ1) is 10.5. The molecule has 1 aliphatic rings. The summed E-state index contributed by atoms with van der Waals surface area (Å²) in [6, 6.07) is 5.55. The van der Waals surface area contributed by atoms with Crippen LogP contribution < -0.4 is 16.2 Å². The van der Waals surface area contributed by atoms with Crippen LogP contribution in [0, 0.1) is 0 Å². The predicted octanol–water partition coefficient (Wildman–Crippen LogP) is 3.44. The Balaban J connectivity index is 1.75. The second kappa shape index (κ2) is 8.36. The summed E-state index contributed by atoms with van der Waals surface area (Å²) in [5.74, 6) is -0.304. The molecule has 0 unspecified atom stereocenters. The lowest BCUT2D eigenvalue weighted by atomic mass is 10.2. The van der Waals surface area contributed by atoms with Crippen molar-refractivity contribution >= 4 is 52.5 Å². The fourth-order valence-corrected chi connectivity index (χ4v) is 2.76. The zero-order valence-electron chi connectivity index (χ0n) is 11.9. The highest BCUT2D eigenvalue weighted by atomic mass is 35.5. The molecule has 0 atom stereocenters. The van der Waals surface area contributed by atoms with Crippen molar-refractivity contribution in [1.29, 1.82) is 0 Å². The number of halogens is 2. The molecule has 0 spiro atoms. The standard InChI is InChI=1S/C15H17Cl2N3OS/c16-12-7-5-10(9-13(12)17)6-8-14(21)19-20-15(22)18-11-3-1-2-4-11/h5-9,11H,1-4H2,(H,19,21)(H2,18,20,22)/b8-6+. The summed E-state index contributed by atoms with van der Waals surface area (Å²) in [7, 11) is 0. The van der Waals surface area contributed by atoms with E-state index in [4.69, 9.17) is 35.4 Å². The van der Waals surface area contributed by atoms with Gasteiger partial charge in [0.1, 0.15) is 0 Å². The lowest BCUT2D eigenvalue weighted by Crippen LogP contribution is -2.48. The Morgan fingerprint density at radius 3 is 2.59 bits per heavy atom. The van der Waals surface area contributed by atoms with E-state index in [-0.39, 0.29) is 5.91 Å². The Morgan fingerprint density at radius 1 is 1.18 bits per heavy atom. The zero-order chi connectivity index (χ0) is 15.9. The number of carbonyl (C=O) groups is 1. The SMILES string of the molecule is O=C(/C=C/c1ccc(Cl)c(Cl)c1)NNC(=S)NC1CCCC1. The molecule has 2 rings (SSSR count). The van der Waals surface area contributed by atoms with Gasteiger partial charge in [0.15, 0.2) is 5.11 Å². The van der Waals surface area contributed by atoms with Gasteiger partial charge in [0.2, 0.25) is 0 Å². The van der Waals surface area contributed by atoms with Gasteiger partial charge in [-0.1, -0.05) is 42.1 Å². The molecule has 1 aromatic rings. The van der Waals surface area contributed by atoms with E-state index in [0.29, 0.717) is 21.2 Å². The first-order valence-electron chi connectivity index (χ1n) is 7.04. The number of carbonyl (C=O) groups excluding carboxylic acids is 1. The lowest BCUT2D eigenvalue weighted by Gasteiger charge is -2.15. The van der Waals surface area contributed by atoms with Crippen LogP contribution in [0.4, 0.5) is 0 Å². The number of thiocarbonyl (C=S) groups is 1. The number of hydrazine groups is 1. The van der Waals surface area contributed by atoms with Crippen molar-refractivity contribution in [3.05, 3.63) is 39.9 Å². The summed E-state index contributed by atoms with van der Waals surface area (Å²) in [5.41, 5.74) is 5.99. The van der Waals surface area contributed by atoms with Crippen LogP contribution in [0.2, 0.25) is 10.0 Å². The van der Waals surface area contributed by atoms with Crippen LogP contribution in [0.1, 0.15) is 31.2 Å². The third-order valence-corrected chi connectivity index (χ3v) is 4.32. The molecule has 1 saturated carbocycles. The molecule has 1 aliphatic carbocycles. The topological polar surface area (TPSA) is 53.2 Å². The average Bonchev–Trinajstić information content (AvgIpc) is 2.99. The number of amides is 1. The van der Waals surface area contributed by atoms with Gasteiger partial charge in [-0.15, -0.1) is 0 Å². The van der Waals surface area contributed by atoms with Crippen LogP contribution in [0.25, 0.3) is 6.08 Å². The zero-order valence-corrected chi connectivity index (χ0v) is 14.2. The highest BCUT2D eigenvalue weighted by Crippen LogP contribution is 2.23. The van der Waals surface area contributed by atoms with E-state index in [0.717, 1.165) is 18.4 Å². The van der Waals surface area contributed by atoms with Gasteiger partial charge in [-0.3, -0.25) is 15.6 Å². The maximum absolute atomic E-state index is 11.7. The molecule has 3 N–H and O–H groups in total. The van der Waals surface area contributed by atoms with Gasteiger partial charge < -0.3 is 5.32 Å². The number of hydrogen-bond acceptors (Lipinski definition) is 2. The predicted molar refractivity (Wildman–Crippen MR) is 94.8 cm³/mol. The molecule has 22 heavy (non-hydrogen) atoms. The van der Waals surface area contributed by atoms with Gasteiger partial charge in [0.05, 0.1) is 10.0 Å². The molecule has 0 bridgehead atoms. The molecule has 1 amide bonds. The van der Waals surface area contributed by atoms with Gasteiger partial charge in [0, 0.05) is 12.1 Å². The Kier molecular flexibility index (Phi) is 6.49. The normalized spacial score (nSPS) is 15.0. The van der Waals surface area contributed by atoms with Crippen LogP contribution in [0.3, 0.4) is 0 Å². The summed E-state index contributed by atoms with van der Waals surface area (Å²) in [5, 5.41) is 4.53. The van der Waals surface area contributed by atoms with Crippen LogP contribution in [-0.2, 0) is 4.79 Å². The summed E-state index contributed by atoms with van der Waals surface area (Å²) in [4.78, 5) is 11.7. The van der Waals surface area contributed by atoms with Gasteiger partial charge in [-0.25, -0.2) is 0 Å². The van der Waals surface area contributed by atoms with Crippen molar-refractivity contribution < 1.29 is 4.79 Å². The molecule has 1 fully saturated rings. The van der Waals surface area contributed by atoms with E-state index in [1.54, 1.807) is 24.3 Å². The van der Waals surface area contributed by atoms with Crippen molar-refractivity contribution in [3.8, 4) is 0 Å². The molecule has 118 valence electrons. The monoisotopic (exact) mass is 357 g/mol. The largest absolute Gasteiger partial charge is 0.359 e. The van der Waals surface area contributed by atoms with E-state index in [2.05, 4.69) is 16.2 Å². The molecular formula is C15H17Cl2N3OS. The fourth-order valence-electron chi connectivity index (χ4n) is 2.24. The van der Waals surface area contributed by atoms with Gasteiger partial charge in [-0.2, -0.15) is 0 Å². The van der Waals surface area contributed by atoms with Crippen LogP contribution >= 0.6 is 35.4 Å². The summed E-state index contributed by atoms with van der Waals surface area (Å²) in [6.07, 6.45) is 7.72. The Hall–Kier alpha value is -1.30. The highest BCUT2D eigenvalue weighted by Gasteiger charge is 2.15. The highest BCUT2D eigenvalue weighted by molar-refractivity contribution is 7.80. The number of nitrogens with one attached hydrogen (secondary N) is 3. The molecule has 0 aliphatic heterocycles. The van der Waals surface area contributed by atoms with Crippen molar-refractivity contribution in [3.63, 3.8) is 0 Å². The molecule has 0 aromatic heterocycles. The second-order valence-electron chi connectivity index (χ2n) is 5.08. The van der Waals surface area contributed by atoms with Crippen molar-refractivity contribution in [2.24, 2.45) is 0 Å². The van der Waals surface area contributed by atoms with Crippen molar-refractivity contribution in [2.45, 2.75) is 31.7 Å². The van der Waals surface area contributed by atoms with Crippen molar-refractivity contribution in [1.82, 2.24) is 16.2 Å². The van der Waals surface area contributed by atoms with Crippen LogP contribution in [-0.4, -0.2) is 17.1 Å². The van der Waals surface area contributed by atoms with Gasteiger partial charge in [0.25, 0.3) is 5.91 Å². The molecule has 4 nitrogen and oxygen atoms in total. The summed E-state index contributed by atoms with van der Waals surface area (Å²) < 4.78 is 0. The number of benzene rings is 1. The van der Waals surface area contributed by atoms with E-state index < -0.39 is 0 Å². The van der Waals surface area contributed by atoms with Gasteiger partial charge in [-0.05, 0) is 48.8 Å². The molecule has 0 heterocycles. The molecular weight excluding hydrogens is 341 g/mol. The lowest BCUT2D eigenvalue weighted by molar-refractivity contribution is -0.116. The third kappa shape index (κ3) is 5.48. The minimum absolute atomic E-state index is 0.304. The summed E-state index contributed by atoms with van der Waals surface area (Å²) >= 11 is 16.9. The second-order valence-corrected chi connectivity index (χ2v) is 6.30. The maximum atomic E-state index is 11.7. The Morgan fingerprint density at radius 2 is 1.91 bits per heavy atom. The molecule has 0 radical (unpaired) electrons. The molecule has 1 aromatic carbocycles. The van der Waals surface area contributed by atoms with E-state index >= 15 is 0 Å². The van der Waals surface area contributed by atoms with Gasteiger partial charge >= 0.3 is 0 Å². The van der Waals surface area contributed by atoms with E-state index in [1.807, 2.05) is 0 Å². The smallest absolute Gasteiger partial charge is 0.262 e. The fraction of sp³-hybridized carbons (Fsp3) is 0.333. The Bertz CT molecular complexity index is 586. The Labute approximate surface area is 145 Å². The van der Waals surface area contributed by atoms with Crippen LogP contribution in [0.15, 0.2) is 24.3 Å². The summed E-state index contributed by atoms with van der Waals surface area (Å²) in [6.45, 7) is 0. The quantitative estimate of drug-likeness (QED) is 0.440.